The minimum absolute atomic E-state index is 0.0816. The molecule has 0 saturated carbocycles. The van der Waals surface area contributed by atoms with Gasteiger partial charge in [-0.2, -0.15) is 0 Å². The third kappa shape index (κ3) is 2.76. The lowest BCUT2D eigenvalue weighted by Crippen LogP contribution is -3.27. The van der Waals surface area contributed by atoms with E-state index in [4.69, 9.17) is 5.73 Å². The van der Waals surface area contributed by atoms with E-state index in [1.54, 1.807) is 7.05 Å². The van der Waals surface area contributed by atoms with Gasteiger partial charge in [-0.1, -0.05) is 0 Å². The Morgan fingerprint density at radius 1 is 1.13 bits per heavy atom. The van der Waals surface area contributed by atoms with Gasteiger partial charge in [-0.3, -0.25) is 19.3 Å². The third-order valence-electron chi connectivity index (χ3n) is 6.23. The lowest BCUT2D eigenvalue weighted by molar-refractivity contribution is -0.978. The first-order valence-electron chi connectivity index (χ1n) is 8.76. The lowest BCUT2D eigenvalue weighted by Gasteiger charge is -2.44. The number of carbonyl (C=O) groups is 3. The van der Waals surface area contributed by atoms with Crippen molar-refractivity contribution in [1.29, 1.82) is 0 Å². The Morgan fingerprint density at radius 2 is 1.74 bits per heavy atom. The van der Waals surface area contributed by atoms with Crippen LogP contribution in [0.1, 0.15) is 38.5 Å². The van der Waals surface area contributed by atoms with E-state index in [1.807, 2.05) is 0 Å². The van der Waals surface area contributed by atoms with E-state index >= 15 is 0 Å². The van der Waals surface area contributed by atoms with Crippen LogP contribution in [-0.2, 0) is 14.4 Å². The second-order valence-corrected chi connectivity index (χ2v) is 7.32. The van der Waals surface area contributed by atoms with Crippen molar-refractivity contribution in [3.63, 3.8) is 0 Å². The minimum Gasteiger partial charge on any atom is -0.364 e. The van der Waals surface area contributed by atoms with E-state index in [0.29, 0.717) is 19.3 Å². The maximum atomic E-state index is 12.2. The first-order valence-corrected chi connectivity index (χ1v) is 8.76. The topological polar surface area (TPSA) is 89.3 Å². The van der Waals surface area contributed by atoms with Crippen LogP contribution in [0.3, 0.4) is 0 Å². The molecule has 0 aliphatic carbocycles. The number of carbonyl (C=O) groups excluding carboxylic acids is 3. The fraction of sp³-hybridized carbons (Fsp3) is 0.812. The number of nitrogens with zero attached hydrogens (tertiary/aromatic N) is 1. The highest BCUT2D eigenvalue weighted by molar-refractivity contribution is 6.04. The van der Waals surface area contributed by atoms with Gasteiger partial charge in [0.15, 0.2) is 11.6 Å². The number of likely N-dealkylation sites (tertiary alicyclic amines) is 3. The van der Waals surface area contributed by atoms with Gasteiger partial charge in [-0.05, 0) is 19.3 Å². The van der Waals surface area contributed by atoms with E-state index in [2.05, 4.69) is 0 Å². The average Bonchev–Trinajstić information content (AvgIpc) is 2.83. The Hall–Kier alpha value is -1.47. The molecule has 3 aliphatic rings. The fourth-order valence-electron chi connectivity index (χ4n) is 4.65. The van der Waals surface area contributed by atoms with Crippen LogP contribution in [0.15, 0.2) is 0 Å². The number of imide groups is 1. The molecule has 3 fully saturated rings. The molecule has 3 rings (SSSR count). The van der Waals surface area contributed by atoms with E-state index < -0.39 is 5.54 Å². The highest BCUT2D eigenvalue weighted by Gasteiger charge is 2.53. The fourth-order valence-corrected chi connectivity index (χ4v) is 4.65. The van der Waals surface area contributed by atoms with Crippen LogP contribution in [0.4, 0.5) is 0 Å². The summed E-state index contributed by atoms with van der Waals surface area (Å²) in [7, 11) is 1.56. The molecule has 3 saturated heterocycles. The van der Waals surface area contributed by atoms with Crippen molar-refractivity contribution < 1.29 is 24.2 Å². The van der Waals surface area contributed by atoms with E-state index in [9.17, 15) is 14.4 Å². The Labute approximate surface area is 136 Å². The van der Waals surface area contributed by atoms with Crippen LogP contribution in [0, 0.1) is 0 Å². The highest BCUT2D eigenvalue weighted by Crippen LogP contribution is 2.16. The number of hydrogen-bond donors (Lipinski definition) is 3. The second-order valence-electron chi connectivity index (χ2n) is 7.32. The third-order valence-corrected chi connectivity index (χ3v) is 6.23. The quantitative estimate of drug-likeness (QED) is 0.476. The van der Waals surface area contributed by atoms with Crippen molar-refractivity contribution in [2.45, 2.75) is 50.1 Å². The first kappa shape index (κ1) is 16.4. The summed E-state index contributed by atoms with van der Waals surface area (Å²) >= 11 is 0. The van der Waals surface area contributed by atoms with Gasteiger partial charge >= 0.3 is 0 Å². The molecule has 0 radical (unpaired) electrons. The summed E-state index contributed by atoms with van der Waals surface area (Å²) in [5, 5.41) is 0. The summed E-state index contributed by atoms with van der Waals surface area (Å²) in [6.45, 7) is 3.51. The number of amides is 3. The van der Waals surface area contributed by atoms with Crippen LogP contribution in [0.25, 0.3) is 0 Å². The molecule has 3 amide bonds. The number of piperidine rings is 2. The molecule has 0 aromatic heterocycles. The monoisotopic (exact) mass is 324 g/mol. The molecule has 3 heterocycles. The Balaban J connectivity index is 1.69. The van der Waals surface area contributed by atoms with Crippen molar-refractivity contribution in [3.05, 3.63) is 0 Å². The summed E-state index contributed by atoms with van der Waals surface area (Å²) in [5.74, 6) is -0.373. The standard InChI is InChI=1S/C16H26N4O3/c1-18-13(21)11-12(14(18)22)19-9-5-16(6-10-19,15(17)23)20-7-3-2-4-8-20/h12H,2-11H2,1H3,(H2,17,23)/p+2/t12-/m0/s1. The molecule has 128 valence electrons. The summed E-state index contributed by atoms with van der Waals surface area (Å²) < 4.78 is 0. The van der Waals surface area contributed by atoms with Crippen molar-refractivity contribution in [1.82, 2.24) is 4.90 Å². The number of likely N-dealkylation sites (N-methyl/N-ethyl adjacent to an activating group) is 1. The van der Waals surface area contributed by atoms with Crippen LogP contribution in [0.2, 0.25) is 0 Å². The van der Waals surface area contributed by atoms with Gasteiger partial charge in [0.1, 0.15) is 0 Å². The van der Waals surface area contributed by atoms with Crippen molar-refractivity contribution in [2.75, 3.05) is 33.2 Å². The van der Waals surface area contributed by atoms with Gasteiger partial charge < -0.3 is 15.5 Å². The first-order chi connectivity index (χ1) is 11.0. The van der Waals surface area contributed by atoms with Crippen LogP contribution in [0.5, 0.6) is 0 Å². The molecule has 7 heteroatoms. The smallest absolute Gasteiger partial charge is 0.287 e. The number of nitrogens with two attached hydrogens (primary N) is 1. The SMILES string of the molecule is CN1C(=O)C[C@H]([NH+]2CCC(C(N)=O)([NH+]3CCCCC3)CC2)C1=O. The zero-order valence-corrected chi connectivity index (χ0v) is 13.9. The molecular weight excluding hydrogens is 296 g/mol. The van der Waals surface area contributed by atoms with Gasteiger partial charge in [0.05, 0.1) is 45.4 Å². The zero-order chi connectivity index (χ0) is 16.6. The van der Waals surface area contributed by atoms with Crippen molar-refractivity contribution in [3.8, 4) is 0 Å². The molecule has 0 unspecified atom stereocenters. The predicted octanol–water partition coefficient (Wildman–Crippen LogP) is -3.28. The van der Waals surface area contributed by atoms with Gasteiger partial charge in [0.25, 0.3) is 11.8 Å². The van der Waals surface area contributed by atoms with Crippen LogP contribution < -0.4 is 15.5 Å². The van der Waals surface area contributed by atoms with Crippen molar-refractivity contribution >= 4 is 17.7 Å². The summed E-state index contributed by atoms with van der Waals surface area (Å²) in [4.78, 5) is 39.9. The Bertz CT molecular complexity index is 507. The molecule has 0 aromatic rings. The van der Waals surface area contributed by atoms with Crippen LogP contribution >= 0.6 is 0 Å². The number of nitrogens with one attached hydrogen (secondary N) is 2. The number of quaternary nitrogens is 2. The Morgan fingerprint density at radius 3 is 2.22 bits per heavy atom. The van der Waals surface area contributed by atoms with Crippen molar-refractivity contribution in [2.24, 2.45) is 5.73 Å². The number of rotatable bonds is 3. The molecule has 4 N–H and O–H groups in total. The molecule has 0 spiro atoms. The largest absolute Gasteiger partial charge is 0.364 e. The second kappa shape index (κ2) is 6.20. The van der Waals surface area contributed by atoms with Gasteiger partial charge in [-0.25, -0.2) is 0 Å². The van der Waals surface area contributed by atoms with E-state index in [-0.39, 0.29) is 23.8 Å². The van der Waals surface area contributed by atoms with Gasteiger partial charge in [0.2, 0.25) is 5.91 Å². The normalized spacial score (nSPS) is 36.5. The summed E-state index contributed by atoms with van der Waals surface area (Å²) in [6, 6.07) is -0.269. The maximum absolute atomic E-state index is 12.2. The molecule has 7 nitrogen and oxygen atoms in total. The summed E-state index contributed by atoms with van der Waals surface area (Å²) in [5.41, 5.74) is 5.33. The zero-order valence-electron chi connectivity index (χ0n) is 13.9. The van der Waals surface area contributed by atoms with Gasteiger partial charge in [0, 0.05) is 7.05 Å². The lowest BCUT2D eigenvalue weighted by atomic mass is 9.83. The highest BCUT2D eigenvalue weighted by atomic mass is 16.2. The van der Waals surface area contributed by atoms with Gasteiger partial charge in [-0.15, -0.1) is 0 Å². The molecular formula is C16H28N4O3+2. The molecule has 23 heavy (non-hydrogen) atoms. The number of primary amides is 1. The molecule has 0 aromatic carbocycles. The molecule has 0 bridgehead atoms. The summed E-state index contributed by atoms with van der Waals surface area (Å²) in [6.07, 6.45) is 5.28. The molecule has 3 aliphatic heterocycles. The number of hydrogen-bond acceptors (Lipinski definition) is 3. The minimum atomic E-state index is -0.471. The molecule has 1 atom stereocenters. The van der Waals surface area contributed by atoms with E-state index in [1.165, 1.54) is 16.2 Å². The predicted molar refractivity (Wildman–Crippen MR) is 82.6 cm³/mol. The average molecular weight is 324 g/mol. The van der Waals surface area contributed by atoms with Crippen LogP contribution in [-0.4, -0.2) is 67.4 Å². The maximum Gasteiger partial charge on any atom is 0.287 e. The Kier molecular flexibility index (Phi) is 4.42. The van der Waals surface area contributed by atoms with E-state index in [0.717, 1.165) is 43.9 Å².